The maximum absolute atomic E-state index is 12.9. The van der Waals surface area contributed by atoms with Gasteiger partial charge < -0.3 is 14.2 Å². The smallest absolute Gasteiger partial charge is 0.306 e. The average molecular weight is 1140 g/mol. The number of rotatable bonds is 63. The minimum atomic E-state index is -0.786. The summed E-state index contributed by atoms with van der Waals surface area (Å²) in [4.78, 5) is 38.4. The number of allylic oxidation sites excluding steroid dienone is 18. The number of hydrogen-bond donors (Lipinski definition) is 0. The van der Waals surface area contributed by atoms with Gasteiger partial charge >= 0.3 is 17.9 Å². The van der Waals surface area contributed by atoms with Crippen molar-refractivity contribution in [3.05, 3.63) is 109 Å². The van der Waals surface area contributed by atoms with E-state index in [0.29, 0.717) is 19.3 Å². The van der Waals surface area contributed by atoms with Crippen molar-refractivity contribution in [1.29, 1.82) is 0 Å². The van der Waals surface area contributed by atoms with E-state index in [1.54, 1.807) is 0 Å². The van der Waals surface area contributed by atoms with Crippen LogP contribution in [-0.4, -0.2) is 37.2 Å². The Bertz CT molecular complexity index is 1640. The van der Waals surface area contributed by atoms with Crippen LogP contribution in [0.1, 0.15) is 335 Å². The summed E-state index contributed by atoms with van der Waals surface area (Å²) >= 11 is 0. The molecular formula is C76H130O6. The van der Waals surface area contributed by atoms with Crippen LogP contribution in [0.4, 0.5) is 0 Å². The lowest BCUT2D eigenvalue weighted by Crippen LogP contribution is -2.30. The number of esters is 3. The molecule has 0 heterocycles. The second-order valence-electron chi connectivity index (χ2n) is 23.1. The minimum Gasteiger partial charge on any atom is -0.462 e. The number of hydrogen-bond acceptors (Lipinski definition) is 6. The third-order valence-corrected chi connectivity index (χ3v) is 15.0. The summed E-state index contributed by atoms with van der Waals surface area (Å²) in [6.07, 6.45) is 95.4. The SMILES string of the molecule is CC/C=C\C/C=C\C/C=C\C/C=C\C/C=C\C/C=C\C/C=C\CCCCCCCCCCCCCC(=O)OCC(COC(=O)CCCCCCC/C=C\CCCCCCC)OC(=O)CCCCCCCCC/C=C\CCCCCCCC. The fraction of sp³-hybridized carbons (Fsp3) is 0.724. The van der Waals surface area contributed by atoms with E-state index in [4.69, 9.17) is 14.2 Å². The molecule has 0 rings (SSSR count). The zero-order valence-corrected chi connectivity index (χ0v) is 54.0. The van der Waals surface area contributed by atoms with E-state index in [9.17, 15) is 14.4 Å². The van der Waals surface area contributed by atoms with Crippen molar-refractivity contribution in [3.63, 3.8) is 0 Å². The lowest BCUT2D eigenvalue weighted by molar-refractivity contribution is -0.167. The lowest BCUT2D eigenvalue weighted by atomic mass is 10.0. The highest BCUT2D eigenvalue weighted by atomic mass is 16.6. The summed E-state index contributed by atoms with van der Waals surface area (Å²) in [6.45, 7) is 6.53. The Hall–Kier alpha value is -3.93. The summed E-state index contributed by atoms with van der Waals surface area (Å²) in [5.74, 6) is -0.885. The molecule has 0 N–H and O–H groups in total. The molecule has 0 aliphatic rings. The normalized spacial score (nSPS) is 12.8. The summed E-state index contributed by atoms with van der Waals surface area (Å²) in [7, 11) is 0. The van der Waals surface area contributed by atoms with Crippen molar-refractivity contribution < 1.29 is 28.6 Å². The van der Waals surface area contributed by atoms with E-state index in [-0.39, 0.29) is 31.1 Å². The van der Waals surface area contributed by atoms with Gasteiger partial charge in [-0.3, -0.25) is 14.4 Å². The van der Waals surface area contributed by atoms with Crippen molar-refractivity contribution in [2.75, 3.05) is 13.2 Å². The molecule has 0 aromatic rings. The van der Waals surface area contributed by atoms with E-state index in [2.05, 4.69) is 130 Å². The summed E-state index contributed by atoms with van der Waals surface area (Å²) in [5, 5.41) is 0. The molecule has 6 heteroatoms. The second kappa shape index (κ2) is 69.6. The maximum Gasteiger partial charge on any atom is 0.306 e. The van der Waals surface area contributed by atoms with Crippen LogP contribution in [0.15, 0.2) is 109 Å². The lowest BCUT2D eigenvalue weighted by Gasteiger charge is -2.18. The van der Waals surface area contributed by atoms with Gasteiger partial charge in [-0.1, -0.05) is 297 Å². The standard InChI is InChI=1S/C76H130O6/c1-4-7-10-13-16-19-22-25-28-30-31-32-33-34-35-36-37-38-39-40-41-42-43-44-45-47-48-51-54-57-60-63-66-69-75(78)81-72-73(71-80-74(77)68-65-62-59-56-53-50-27-24-21-18-15-12-9-6-3)82-76(79)70-67-64-61-58-55-52-49-46-29-26-23-20-17-14-11-8-5-2/h7,10,16,19,24-29,31-32,34-35,37-38,40-41,73H,4-6,8-9,11-15,17-18,20-23,30,33,36,39,42-72H2,1-3H3/b10-7-,19-16-,27-24-,28-25-,29-26-,32-31-,35-34-,38-37-,41-40-. The molecule has 0 aromatic carbocycles. The van der Waals surface area contributed by atoms with E-state index >= 15 is 0 Å². The Kier molecular flexibility index (Phi) is 66.2. The number of unbranched alkanes of at least 4 members (excludes halogenated alkanes) is 34. The van der Waals surface area contributed by atoms with Crippen molar-refractivity contribution in [1.82, 2.24) is 0 Å². The maximum atomic E-state index is 12.9. The van der Waals surface area contributed by atoms with E-state index < -0.39 is 6.10 Å². The van der Waals surface area contributed by atoms with E-state index in [0.717, 1.165) is 109 Å². The molecule has 1 unspecified atom stereocenters. The predicted molar refractivity (Wildman–Crippen MR) is 357 cm³/mol. The first-order chi connectivity index (χ1) is 40.5. The van der Waals surface area contributed by atoms with Crippen molar-refractivity contribution in [2.24, 2.45) is 0 Å². The summed E-state index contributed by atoms with van der Waals surface area (Å²) in [5.41, 5.74) is 0. The number of carbonyl (C=O) groups is 3. The average Bonchev–Trinajstić information content (AvgIpc) is 3.47. The van der Waals surface area contributed by atoms with Gasteiger partial charge in [-0.2, -0.15) is 0 Å². The van der Waals surface area contributed by atoms with Crippen LogP contribution in [0.3, 0.4) is 0 Å². The van der Waals surface area contributed by atoms with Crippen LogP contribution in [0.5, 0.6) is 0 Å². The quantitative estimate of drug-likeness (QED) is 0.0261. The molecule has 0 fully saturated rings. The van der Waals surface area contributed by atoms with Gasteiger partial charge in [0.25, 0.3) is 0 Å². The Labute approximate surface area is 508 Å². The Balaban J connectivity index is 4.26. The third-order valence-electron chi connectivity index (χ3n) is 15.0. The molecule has 0 spiro atoms. The molecule has 0 saturated carbocycles. The zero-order chi connectivity index (χ0) is 59.2. The second-order valence-corrected chi connectivity index (χ2v) is 23.1. The van der Waals surface area contributed by atoms with Gasteiger partial charge in [0.15, 0.2) is 6.10 Å². The molecule has 0 saturated heterocycles. The predicted octanol–water partition coefficient (Wildman–Crippen LogP) is 24.2. The van der Waals surface area contributed by atoms with Gasteiger partial charge in [0.05, 0.1) is 0 Å². The van der Waals surface area contributed by atoms with Crippen LogP contribution in [-0.2, 0) is 28.6 Å². The number of ether oxygens (including phenoxy) is 3. The first-order valence-corrected chi connectivity index (χ1v) is 34.9. The molecule has 0 radical (unpaired) electrons. The van der Waals surface area contributed by atoms with Gasteiger partial charge in [-0.15, -0.1) is 0 Å². The highest BCUT2D eigenvalue weighted by molar-refractivity contribution is 5.71. The minimum absolute atomic E-state index is 0.0822. The molecule has 6 nitrogen and oxygen atoms in total. The first-order valence-electron chi connectivity index (χ1n) is 34.9. The van der Waals surface area contributed by atoms with Gasteiger partial charge in [0.2, 0.25) is 0 Å². The topological polar surface area (TPSA) is 78.9 Å². The molecule has 0 amide bonds. The summed E-state index contributed by atoms with van der Waals surface area (Å²) in [6, 6.07) is 0. The highest BCUT2D eigenvalue weighted by Crippen LogP contribution is 2.16. The fourth-order valence-corrected chi connectivity index (χ4v) is 9.77. The third kappa shape index (κ3) is 66.9. The van der Waals surface area contributed by atoms with Crippen LogP contribution < -0.4 is 0 Å². The molecule has 0 aliphatic heterocycles. The van der Waals surface area contributed by atoms with Crippen molar-refractivity contribution in [3.8, 4) is 0 Å². The van der Waals surface area contributed by atoms with Crippen molar-refractivity contribution >= 4 is 17.9 Å². The Morgan fingerprint density at radius 3 is 0.756 bits per heavy atom. The largest absolute Gasteiger partial charge is 0.462 e. The molecular weight excluding hydrogens is 1010 g/mol. The van der Waals surface area contributed by atoms with Gasteiger partial charge in [0, 0.05) is 19.3 Å². The summed E-state index contributed by atoms with van der Waals surface area (Å²) < 4.78 is 17.0. The van der Waals surface area contributed by atoms with E-state index in [1.165, 1.54) is 186 Å². The first kappa shape index (κ1) is 78.1. The molecule has 1 atom stereocenters. The monoisotopic (exact) mass is 1140 g/mol. The highest BCUT2D eigenvalue weighted by Gasteiger charge is 2.19. The Morgan fingerprint density at radius 2 is 0.476 bits per heavy atom. The zero-order valence-electron chi connectivity index (χ0n) is 54.0. The fourth-order valence-electron chi connectivity index (χ4n) is 9.77. The molecule has 470 valence electrons. The van der Waals surface area contributed by atoms with Crippen LogP contribution in [0, 0.1) is 0 Å². The van der Waals surface area contributed by atoms with Crippen molar-refractivity contribution in [2.45, 2.75) is 341 Å². The molecule has 0 aliphatic carbocycles. The van der Waals surface area contributed by atoms with Crippen LogP contribution >= 0.6 is 0 Å². The molecule has 82 heavy (non-hydrogen) atoms. The van der Waals surface area contributed by atoms with E-state index in [1.807, 2.05) is 0 Å². The molecule has 0 bridgehead atoms. The number of carbonyl (C=O) groups excluding carboxylic acids is 3. The Morgan fingerprint density at radius 1 is 0.256 bits per heavy atom. The van der Waals surface area contributed by atoms with Crippen LogP contribution in [0.2, 0.25) is 0 Å². The van der Waals surface area contributed by atoms with Gasteiger partial charge in [-0.25, -0.2) is 0 Å². The van der Waals surface area contributed by atoms with Gasteiger partial charge in [-0.05, 0) is 128 Å². The van der Waals surface area contributed by atoms with Crippen LogP contribution in [0.25, 0.3) is 0 Å². The molecule has 0 aromatic heterocycles. The van der Waals surface area contributed by atoms with Gasteiger partial charge in [0.1, 0.15) is 13.2 Å².